The van der Waals surface area contributed by atoms with Gasteiger partial charge in [0.1, 0.15) is 30.4 Å². The van der Waals surface area contributed by atoms with Gasteiger partial charge in [-0.15, -0.1) is 0 Å². The molecule has 6 heteroatoms. The summed E-state index contributed by atoms with van der Waals surface area (Å²) < 4.78 is 36.4. The summed E-state index contributed by atoms with van der Waals surface area (Å²) in [5.41, 5.74) is 3.55. The van der Waals surface area contributed by atoms with E-state index in [0.29, 0.717) is 37.7 Å². The van der Waals surface area contributed by atoms with Crippen LogP contribution < -0.4 is 4.74 Å². The Morgan fingerprint density at radius 1 is 1.06 bits per heavy atom. The highest BCUT2D eigenvalue weighted by molar-refractivity contribution is 5.70. The Morgan fingerprint density at radius 3 is 2.48 bits per heavy atom. The molecule has 172 valence electrons. The van der Waals surface area contributed by atoms with Crippen LogP contribution in [0.25, 0.3) is 11.1 Å². The Hall–Kier alpha value is -3.22. The van der Waals surface area contributed by atoms with Crippen molar-refractivity contribution in [3.05, 3.63) is 89.2 Å². The molecule has 5 nitrogen and oxygen atoms in total. The smallest absolute Gasteiger partial charge is 0.332 e. The average Bonchev–Trinajstić information content (AvgIpc) is 2.78. The third kappa shape index (κ3) is 5.24. The lowest BCUT2D eigenvalue weighted by molar-refractivity contribution is -0.221. The van der Waals surface area contributed by atoms with Gasteiger partial charge in [0.15, 0.2) is 0 Å². The average molecular weight is 451 g/mol. The number of hydrogen-bond donors (Lipinski definition) is 0. The lowest BCUT2D eigenvalue weighted by Gasteiger charge is -2.41. The number of carbonyl (C=O) groups is 1. The molecule has 0 spiro atoms. The van der Waals surface area contributed by atoms with Crippen molar-refractivity contribution in [3.63, 3.8) is 0 Å². The third-order valence-electron chi connectivity index (χ3n) is 5.67. The highest BCUT2D eigenvalue weighted by atomic mass is 19.1. The molecule has 0 N–H and O–H groups in total. The molecule has 0 aromatic heterocycles. The van der Waals surface area contributed by atoms with Gasteiger partial charge < -0.3 is 18.9 Å². The lowest BCUT2D eigenvalue weighted by atomic mass is 9.91. The number of halogens is 1. The second-order valence-corrected chi connectivity index (χ2v) is 8.03. The van der Waals surface area contributed by atoms with E-state index in [2.05, 4.69) is 0 Å². The normalized spacial score (nSPS) is 14.4. The number of carbonyl (C=O) groups excluding carboxylic acids is 1. The molecular weight excluding hydrogens is 423 g/mol. The van der Waals surface area contributed by atoms with Gasteiger partial charge in [-0.1, -0.05) is 42.5 Å². The lowest BCUT2D eigenvalue weighted by Crippen LogP contribution is -2.49. The van der Waals surface area contributed by atoms with Crippen molar-refractivity contribution in [2.24, 2.45) is 0 Å². The minimum atomic E-state index is -0.642. The molecule has 33 heavy (non-hydrogen) atoms. The SMILES string of the molecule is CCOC(=O)COC1(c2ccc(OCc3cccc(-c4c(C)cccc4F)c3)cc2)COC1. The van der Waals surface area contributed by atoms with Gasteiger partial charge in [-0.2, -0.15) is 0 Å². The van der Waals surface area contributed by atoms with Crippen LogP contribution in [0.4, 0.5) is 4.39 Å². The number of rotatable bonds is 9. The first-order valence-corrected chi connectivity index (χ1v) is 11.0. The van der Waals surface area contributed by atoms with Crippen molar-refractivity contribution < 1.29 is 28.1 Å². The van der Waals surface area contributed by atoms with Crippen molar-refractivity contribution >= 4 is 5.97 Å². The van der Waals surface area contributed by atoms with Crippen molar-refractivity contribution in [1.29, 1.82) is 0 Å². The first-order valence-electron chi connectivity index (χ1n) is 11.0. The summed E-state index contributed by atoms with van der Waals surface area (Å²) in [5.74, 6) is 0.0753. The molecule has 1 saturated heterocycles. The van der Waals surface area contributed by atoms with Gasteiger partial charge >= 0.3 is 5.97 Å². The van der Waals surface area contributed by atoms with Gasteiger partial charge in [-0.3, -0.25) is 0 Å². The summed E-state index contributed by atoms with van der Waals surface area (Å²) in [6, 6.07) is 20.4. The first-order chi connectivity index (χ1) is 16.0. The summed E-state index contributed by atoms with van der Waals surface area (Å²) >= 11 is 0. The largest absolute Gasteiger partial charge is 0.489 e. The zero-order valence-corrected chi connectivity index (χ0v) is 18.8. The Balaban J connectivity index is 1.40. The van der Waals surface area contributed by atoms with E-state index in [0.717, 1.165) is 22.3 Å². The fourth-order valence-electron chi connectivity index (χ4n) is 3.86. The summed E-state index contributed by atoms with van der Waals surface area (Å²) in [6.45, 7) is 4.99. The Morgan fingerprint density at radius 2 is 1.82 bits per heavy atom. The standard InChI is InChI=1S/C27H27FO5/c1-3-31-25(29)16-33-27(17-30-18-27)22-10-12-23(13-11-22)32-15-20-7-5-8-21(14-20)26-19(2)6-4-9-24(26)28/h4-14H,3,15-18H2,1-2H3. The Bertz CT molecular complexity index is 1090. The monoisotopic (exact) mass is 450 g/mol. The fourth-order valence-corrected chi connectivity index (χ4v) is 3.86. The molecule has 3 aromatic rings. The summed E-state index contributed by atoms with van der Waals surface area (Å²) in [7, 11) is 0. The zero-order valence-electron chi connectivity index (χ0n) is 18.8. The number of aryl methyl sites for hydroxylation is 1. The van der Waals surface area contributed by atoms with Crippen LogP contribution in [-0.2, 0) is 31.2 Å². The Labute approximate surface area is 193 Å². The molecular formula is C27H27FO5. The molecule has 0 amide bonds. The van der Waals surface area contributed by atoms with Gasteiger partial charge in [0, 0.05) is 5.56 Å². The number of ether oxygens (including phenoxy) is 4. The van der Waals surface area contributed by atoms with Crippen LogP contribution in [0, 0.1) is 12.7 Å². The number of benzene rings is 3. The molecule has 0 atom stereocenters. The number of esters is 1. The molecule has 0 radical (unpaired) electrons. The fraction of sp³-hybridized carbons (Fsp3) is 0.296. The highest BCUT2D eigenvalue weighted by Gasteiger charge is 2.42. The topological polar surface area (TPSA) is 54.0 Å². The van der Waals surface area contributed by atoms with Crippen molar-refractivity contribution in [3.8, 4) is 16.9 Å². The van der Waals surface area contributed by atoms with E-state index < -0.39 is 11.6 Å². The molecule has 1 heterocycles. The van der Waals surface area contributed by atoms with Crippen LogP contribution in [0.3, 0.4) is 0 Å². The predicted octanol–water partition coefficient (Wildman–Crippen LogP) is 5.19. The Kier molecular flexibility index (Phi) is 7.06. The van der Waals surface area contributed by atoms with E-state index in [9.17, 15) is 9.18 Å². The van der Waals surface area contributed by atoms with Gasteiger partial charge in [0.05, 0.1) is 19.8 Å². The molecule has 0 bridgehead atoms. The van der Waals surface area contributed by atoms with Gasteiger partial charge in [0.25, 0.3) is 0 Å². The summed E-state index contributed by atoms with van der Waals surface area (Å²) in [4.78, 5) is 11.7. The maximum atomic E-state index is 14.3. The van der Waals surface area contributed by atoms with Crippen LogP contribution in [0.1, 0.15) is 23.6 Å². The van der Waals surface area contributed by atoms with E-state index in [1.165, 1.54) is 6.07 Å². The molecule has 1 aliphatic rings. The molecule has 3 aromatic carbocycles. The zero-order chi connectivity index (χ0) is 23.3. The van der Waals surface area contributed by atoms with Gasteiger partial charge in [-0.05, 0) is 60.4 Å². The van der Waals surface area contributed by atoms with Crippen LogP contribution in [-0.4, -0.2) is 32.4 Å². The minimum Gasteiger partial charge on any atom is -0.489 e. The minimum absolute atomic E-state index is 0.118. The second-order valence-electron chi connectivity index (χ2n) is 8.03. The summed E-state index contributed by atoms with van der Waals surface area (Å²) in [6.07, 6.45) is 0. The molecule has 1 fully saturated rings. The molecule has 4 rings (SSSR count). The van der Waals surface area contributed by atoms with E-state index in [-0.39, 0.29) is 12.4 Å². The molecule has 0 aliphatic carbocycles. The van der Waals surface area contributed by atoms with Crippen molar-refractivity contribution in [2.75, 3.05) is 26.4 Å². The van der Waals surface area contributed by atoms with Crippen molar-refractivity contribution in [1.82, 2.24) is 0 Å². The van der Waals surface area contributed by atoms with E-state index >= 15 is 0 Å². The molecule has 1 aliphatic heterocycles. The molecule has 0 unspecified atom stereocenters. The van der Waals surface area contributed by atoms with E-state index in [1.54, 1.807) is 13.0 Å². The second kappa shape index (κ2) is 10.1. The van der Waals surface area contributed by atoms with Crippen LogP contribution >= 0.6 is 0 Å². The van der Waals surface area contributed by atoms with E-state index in [1.807, 2.05) is 61.5 Å². The van der Waals surface area contributed by atoms with E-state index in [4.69, 9.17) is 18.9 Å². The highest BCUT2D eigenvalue weighted by Crippen LogP contribution is 2.35. The molecule has 0 saturated carbocycles. The van der Waals surface area contributed by atoms with Crippen LogP contribution in [0.5, 0.6) is 5.75 Å². The summed E-state index contributed by atoms with van der Waals surface area (Å²) in [5, 5.41) is 0. The van der Waals surface area contributed by atoms with Crippen LogP contribution in [0.2, 0.25) is 0 Å². The van der Waals surface area contributed by atoms with Gasteiger partial charge in [0.2, 0.25) is 0 Å². The predicted molar refractivity (Wildman–Crippen MR) is 122 cm³/mol. The van der Waals surface area contributed by atoms with Gasteiger partial charge in [-0.25, -0.2) is 9.18 Å². The first kappa shape index (κ1) is 23.0. The number of hydrogen-bond acceptors (Lipinski definition) is 5. The van der Waals surface area contributed by atoms with Crippen LogP contribution in [0.15, 0.2) is 66.7 Å². The maximum absolute atomic E-state index is 14.3. The maximum Gasteiger partial charge on any atom is 0.332 e. The quantitative estimate of drug-likeness (QED) is 0.420. The third-order valence-corrected chi connectivity index (χ3v) is 5.67. The van der Waals surface area contributed by atoms with Crippen molar-refractivity contribution in [2.45, 2.75) is 26.1 Å².